The number of nitrogens with zero attached hydrogens (tertiary/aromatic N) is 2. The maximum Gasteiger partial charge on any atom is 0.307 e. The Labute approximate surface area is 168 Å². The highest BCUT2D eigenvalue weighted by Gasteiger charge is 2.26. The molecule has 2 rings (SSSR count). The lowest BCUT2D eigenvalue weighted by molar-refractivity contribution is -0.155. The van der Waals surface area contributed by atoms with Crippen LogP contribution in [-0.2, 0) is 20.9 Å². The smallest absolute Gasteiger partial charge is 0.307 e. The molecule has 0 saturated heterocycles. The average Bonchev–Trinajstić information content (AvgIpc) is 3.07. The van der Waals surface area contributed by atoms with Crippen molar-refractivity contribution < 1.29 is 18.8 Å². The van der Waals surface area contributed by atoms with Gasteiger partial charge in [-0.2, -0.15) is 4.98 Å². The molecule has 1 aliphatic rings. The second-order valence-electron chi connectivity index (χ2n) is 8.88. The van der Waals surface area contributed by atoms with Crippen LogP contribution in [0.2, 0.25) is 0 Å². The van der Waals surface area contributed by atoms with Crippen molar-refractivity contribution in [3.63, 3.8) is 0 Å². The van der Waals surface area contributed by atoms with Gasteiger partial charge >= 0.3 is 5.97 Å². The summed E-state index contributed by atoms with van der Waals surface area (Å²) in [7, 11) is 0. The fraction of sp³-hybridized carbons (Fsp3) is 0.810. The number of rotatable bonds is 9. The molecule has 7 heteroatoms. The molecule has 1 N–H and O–H groups in total. The van der Waals surface area contributed by atoms with Gasteiger partial charge in [0.25, 0.3) is 0 Å². The lowest BCUT2D eigenvalue weighted by Crippen LogP contribution is -2.25. The van der Waals surface area contributed by atoms with E-state index < -0.39 is 5.60 Å². The van der Waals surface area contributed by atoms with Crippen molar-refractivity contribution in [3.8, 4) is 0 Å². The van der Waals surface area contributed by atoms with Crippen molar-refractivity contribution in [2.75, 3.05) is 0 Å². The lowest BCUT2D eigenvalue weighted by Gasteiger charge is -2.23. The molecule has 1 aromatic rings. The molecule has 0 bridgehead atoms. The predicted molar refractivity (Wildman–Crippen MR) is 105 cm³/mol. The summed E-state index contributed by atoms with van der Waals surface area (Å²) < 4.78 is 10.9. The highest BCUT2D eigenvalue weighted by molar-refractivity contribution is 5.72. The molecule has 0 spiro atoms. The van der Waals surface area contributed by atoms with Crippen molar-refractivity contribution in [1.82, 2.24) is 15.5 Å². The van der Waals surface area contributed by atoms with E-state index in [0.29, 0.717) is 11.7 Å². The molecule has 0 radical (unpaired) electrons. The Bertz CT molecular complexity index is 630. The van der Waals surface area contributed by atoms with Crippen LogP contribution in [0.4, 0.5) is 0 Å². The Morgan fingerprint density at radius 2 is 1.96 bits per heavy atom. The fourth-order valence-corrected chi connectivity index (χ4v) is 3.73. The van der Waals surface area contributed by atoms with Gasteiger partial charge in [-0.05, 0) is 33.1 Å². The molecule has 1 aliphatic carbocycles. The van der Waals surface area contributed by atoms with Crippen molar-refractivity contribution >= 4 is 11.9 Å². The van der Waals surface area contributed by atoms with Gasteiger partial charge in [0.15, 0.2) is 5.82 Å². The largest absolute Gasteiger partial charge is 0.460 e. The van der Waals surface area contributed by atoms with Crippen LogP contribution in [0.1, 0.15) is 103 Å². The third-order valence-electron chi connectivity index (χ3n) is 5.05. The standard InChI is InChI=1S/C21H35N3O4/c1-15(25)22-14-18-23-20(28-24-18)17(13-19(26)27-21(2,3)4)12-8-11-16-9-6-5-7-10-16/h16-17H,5-14H2,1-4H3,(H,22,25)/t17-/m0/s1. The normalized spacial score (nSPS) is 16.6. The van der Waals surface area contributed by atoms with Crippen LogP contribution in [0.3, 0.4) is 0 Å². The first-order chi connectivity index (χ1) is 13.2. The Morgan fingerprint density at radius 3 is 2.61 bits per heavy atom. The van der Waals surface area contributed by atoms with Crippen LogP contribution >= 0.6 is 0 Å². The van der Waals surface area contributed by atoms with Crippen LogP contribution in [0.15, 0.2) is 4.52 Å². The van der Waals surface area contributed by atoms with Crippen molar-refractivity contribution in [3.05, 3.63) is 11.7 Å². The maximum atomic E-state index is 12.4. The van der Waals surface area contributed by atoms with Crippen LogP contribution in [0.5, 0.6) is 0 Å². The van der Waals surface area contributed by atoms with E-state index in [1.807, 2.05) is 20.8 Å². The lowest BCUT2D eigenvalue weighted by atomic mass is 9.84. The molecule has 1 aromatic heterocycles. The predicted octanol–water partition coefficient (Wildman–Crippen LogP) is 4.27. The van der Waals surface area contributed by atoms with Gasteiger partial charge in [-0.15, -0.1) is 0 Å². The Kier molecular flexibility index (Phi) is 8.45. The van der Waals surface area contributed by atoms with Crippen LogP contribution in [-0.4, -0.2) is 27.6 Å². The van der Waals surface area contributed by atoms with Gasteiger partial charge in [0.2, 0.25) is 11.8 Å². The zero-order valence-electron chi connectivity index (χ0n) is 17.8. The summed E-state index contributed by atoms with van der Waals surface area (Å²) in [4.78, 5) is 27.8. The molecule has 0 aliphatic heterocycles. The summed E-state index contributed by atoms with van der Waals surface area (Å²) in [5.74, 6) is 1.12. The Balaban J connectivity index is 1.96. The minimum absolute atomic E-state index is 0.149. The number of nitrogens with one attached hydrogen (secondary N) is 1. The number of carbonyl (C=O) groups excluding carboxylic acids is 2. The van der Waals surface area contributed by atoms with E-state index in [1.165, 1.54) is 45.4 Å². The van der Waals surface area contributed by atoms with Gasteiger partial charge in [-0.1, -0.05) is 50.1 Å². The van der Waals surface area contributed by atoms with Gasteiger partial charge in [-0.25, -0.2) is 0 Å². The average molecular weight is 394 g/mol. The topological polar surface area (TPSA) is 94.3 Å². The van der Waals surface area contributed by atoms with E-state index >= 15 is 0 Å². The van der Waals surface area contributed by atoms with Crippen molar-refractivity contribution in [2.45, 2.75) is 104 Å². The molecule has 0 unspecified atom stereocenters. The third-order valence-corrected chi connectivity index (χ3v) is 5.05. The first kappa shape index (κ1) is 22.4. The third kappa shape index (κ3) is 8.40. The van der Waals surface area contributed by atoms with E-state index in [4.69, 9.17) is 9.26 Å². The SMILES string of the molecule is CC(=O)NCc1noc([C@@H](CCCC2CCCCC2)CC(=O)OC(C)(C)C)n1. The number of hydrogen-bond acceptors (Lipinski definition) is 6. The van der Waals surface area contributed by atoms with E-state index in [2.05, 4.69) is 15.5 Å². The summed E-state index contributed by atoms with van der Waals surface area (Å²) in [5, 5.41) is 6.59. The van der Waals surface area contributed by atoms with E-state index in [-0.39, 0.29) is 30.8 Å². The second-order valence-corrected chi connectivity index (χ2v) is 8.88. The minimum atomic E-state index is -0.519. The fourth-order valence-electron chi connectivity index (χ4n) is 3.73. The van der Waals surface area contributed by atoms with Gasteiger partial charge in [0.1, 0.15) is 5.60 Å². The Morgan fingerprint density at radius 1 is 1.25 bits per heavy atom. The van der Waals surface area contributed by atoms with Crippen LogP contribution < -0.4 is 5.32 Å². The summed E-state index contributed by atoms with van der Waals surface area (Å²) in [6.07, 6.45) is 9.91. The van der Waals surface area contributed by atoms with E-state index in [0.717, 1.165) is 18.8 Å². The quantitative estimate of drug-likeness (QED) is 0.630. The molecule has 1 fully saturated rings. The van der Waals surface area contributed by atoms with Gasteiger partial charge < -0.3 is 14.6 Å². The second kappa shape index (κ2) is 10.6. The van der Waals surface area contributed by atoms with Gasteiger partial charge in [0, 0.05) is 12.8 Å². The Hall–Kier alpha value is -1.92. The molecular formula is C21H35N3O4. The highest BCUT2D eigenvalue weighted by atomic mass is 16.6. The van der Waals surface area contributed by atoms with E-state index in [9.17, 15) is 9.59 Å². The summed E-state index contributed by atoms with van der Waals surface area (Å²) in [5.41, 5.74) is -0.519. The zero-order chi connectivity index (χ0) is 20.6. The summed E-state index contributed by atoms with van der Waals surface area (Å²) in [6.45, 7) is 7.25. The molecule has 1 heterocycles. The van der Waals surface area contributed by atoms with Crippen LogP contribution in [0, 0.1) is 5.92 Å². The molecule has 1 atom stereocenters. The number of ether oxygens (including phenoxy) is 1. The first-order valence-electron chi connectivity index (χ1n) is 10.5. The zero-order valence-corrected chi connectivity index (χ0v) is 17.8. The summed E-state index contributed by atoms with van der Waals surface area (Å²) in [6, 6.07) is 0. The van der Waals surface area contributed by atoms with E-state index in [1.54, 1.807) is 0 Å². The molecule has 158 valence electrons. The highest BCUT2D eigenvalue weighted by Crippen LogP contribution is 2.31. The van der Waals surface area contributed by atoms with Crippen molar-refractivity contribution in [1.29, 1.82) is 0 Å². The first-order valence-corrected chi connectivity index (χ1v) is 10.5. The van der Waals surface area contributed by atoms with Crippen LogP contribution in [0.25, 0.3) is 0 Å². The molecular weight excluding hydrogens is 358 g/mol. The molecule has 0 aromatic carbocycles. The van der Waals surface area contributed by atoms with Gasteiger partial charge in [0.05, 0.1) is 13.0 Å². The number of carbonyl (C=O) groups is 2. The summed E-state index contributed by atoms with van der Waals surface area (Å²) >= 11 is 0. The molecule has 1 amide bonds. The number of esters is 1. The number of amides is 1. The monoisotopic (exact) mass is 393 g/mol. The molecule has 28 heavy (non-hydrogen) atoms. The number of aromatic nitrogens is 2. The molecule has 7 nitrogen and oxygen atoms in total. The number of hydrogen-bond donors (Lipinski definition) is 1. The maximum absolute atomic E-state index is 12.4. The minimum Gasteiger partial charge on any atom is -0.460 e. The van der Waals surface area contributed by atoms with Gasteiger partial charge in [-0.3, -0.25) is 9.59 Å². The molecule has 1 saturated carbocycles. The van der Waals surface area contributed by atoms with Crippen molar-refractivity contribution in [2.24, 2.45) is 5.92 Å².